The largest absolute Gasteiger partial charge is 0.530 e. The number of Topliss-reactive ketones (excluding diaryl/α,β-unsaturated/α-hetero) is 1. The molecule has 0 bridgehead atoms. The summed E-state index contributed by atoms with van der Waals surface area (Å²) in [6.07, 6.45) is -0.863. The topological polar surface area (TPSA) is 69.2 Å². The minimum absolute atomic E-state index is 0.110. The quantitative estimate of drug-likeness (QED) is 0.880. The first-order valence-corrected chi connectivity index (χ1v) is 7.15. The lowest BCUT2D eigenvalue weighted by molar-refractivity contribution is -0.242. The monoisotopic (exact) mass is 296 g/mol. The Morgan fingerprint density at radius 2 is 1.73 bits per heavy atom. The second kappa shape index (κ2) is 6.43. The van der Waals surface area contributed by atoms with Gasteiger partial charge in [-0.15, -0.1) is 0 Å². The van der Waals surface area contributed by atoms with Gasteiger partial charge in [0, 0.05) is 17.7 Å². The molecule has 2 rings (SSSR count). The molecule has 0 fully saturated rings. The van der Waals surface area contributed by atoms with Crippen molar-refractivity contribution < 1.29 is 14.7 Å². The molecule has 0 saturated carbocycles. The highest BCUT2D eigenvalue weighted by molar-refractivity contribution is 5.96. The van der Waals surface area contributed by atoms with Crippen molar-refractivity contribution in [2.24, 2.45) is 0 Å². The number of benzene rings is 2. The van der Waals surface area contributed by atoms with Gasteiger partial charge in [-0.2, -0.15) is 0 Å². The van der Waals surface area contributed by atoms with E-state index < -0.39 is 6.09 Å². The van der Waals surface area contributed by atoms with Crippen molar-refractivity contribution in [2.75, 3.05) is 5.32 Å². The van der Waals surface area contributed by atoms with Gasteiger partial charge in [0.15, 0.2) is 5.78 Å². The number of aryl methyl sites for hydroxylation is 2. The first-order valence-electron chi connectivity index (χ1n) is 7.15. The van der Waals surface area contributed by atoms with Crippen LogP contribution in [-0.2, 0) is 0 Å². The summed E-state index contributed by atoms with van der Waals surface area (Å²) < 4.78 is 0. The van der Waals surface area contributed by atoms with E-state index in [-0.39, 0.29) is 5.78 Å². The lowest BCUT2D eigenvalue weighted by Crippen LogP contribution is -2.28. The normalized spacial score (nSPS) is 10.3. The third kappa shape index (κ3) is 3.34. The molecule has 114 valence electrons. The number of ketones is 1. The molecule has 1 N–H and O–H groups in total. The number of hydrogen-bond acceptors (Lipinski definition) is 3. The fraction of sp³-hybridized carbons (Fsp3) is 0.222. The van der Waals surface area contributed by atoms with Crippen LogP contribution in [-0.4, -0.2) is 11.9 Å². The van der Waals surface area contributed by atoms with E-state index in [1.54, 1.807) is 12.1 Å². The van der Waals surface area contributed by atoms with Crippen molar-refractivity contribution in [2.45, 2.75) is 27.2 Å². The molecule has 0 unspecified atom stereocenters. The van der Waals surface area contributed by atoms with E-state index in [0.717, 1.165) is 22.3 Å². The fourth-order valence-corrected chi connectivity index (χ4v) is 2.45. The molecule has 0 spiro atoms. The first-order chi connectivity index (χ1) is 10.4. The first kappa shape index (κ1) is 15.8. The minimum atomic E-state index is -1.34. The maximum atomic E-state index is 11.8. The van der Waals surface area contributed by atoms with Gasteiger partial charge in [0.2, 0.25) is 0 Å². The summed E-state index contributed by atoms with van der Waals surface area (Å²) in [6, 6.07) is 10.9. The summed E-state index contributed by atoms with van der Waals surface area (Å²) in [5.41, 5.74) is 5.08. The molecule has 4 nitrogen and oxygen atoms in total. The van der Waals surface area contributed by atoms with E-state index in [1.807, 2.05) is 45.0 Å². The number of hydrogen-bond donors (Lipinski definition) is 1. The third-order valence-electron chi connectivity index (χ3n) is 3.64. The molecule has 2 aromatic carbocycles. The van der Waals surface area contributed by atoms with Crippen LogP contribution in [0, 0.1) is 13.8 Å². The lowest BCUT2D eigenvalue weighted by atomic mass is 9.93. The van der Waals surface area contributed by atoms with Crippen LogP contribution in [0.2, 0.25) is 0 Å². The molecule has 0 atom stereocenters. The average molecular weight is 296 g/mol. The molecule has 2 aromatic rings. The maximum absolute atomic E-state index is 11.8. The smallest absolute Gasteiger partial charge is 0.162 e. The second-order valence-electron chi connectivity index (χ2n) is 5.25. The highest BCUT2D eigenvalue weighted by Crippen LogP contribution is 2.30. The zero-order chi connectivity index (χ0) is 16.3. The molecule has 1 amide bonds. The van der Waals surface area contributed by atoms with E-state index in [2.05, 4.69) is 5.32 Å². The highest BCUT2D eigenvalue weighted by Gasteiger charge is 2.10. The predicted molar refractivity (Wildman–Crippen MR) is 85.0 cm³/mol. The summed E-state index contributed by atoms with van der Waals surface area (Å²) >= 11 is 0. The van der Waals surface area contributed by atoms with Crippen LogP contribution < -0.4 is 10.4 Å². The van der Waals surface area contributed by atoms with Crippen LogP contribution in [0.1, 0.15) is 34.8 Å². The number of rotatable bonds is 4. The van der Waals surface area contributed by atoms with Crippen LogP contribution >= 0.6 is 0 Å². The van der Waals surface area contributed by atoms with E-state index in [0.29, 0.717) is 17.7 Å². The van der Waals surface area contributed by atoms with Gasteiger partial charge in [-0.25, -0.2) is 0 Å². The second-order valence-corrected chi connectivity index (χ2v) is 5.25. The molecule has 0 radical (unpaired) electrons. The molecule has 0 heterocycles. The predicted octanol–water partition coefficient (Wildman–Crippen LogP) is 3.32. The van der Waals surface area contributed by atoms with E-state index in [4.69, 9.17) is 0 Å². The minimum Gasteiger partial charge on any atom is -0.530 e. The van der Waals surface area contributed by atoms with Crippen molar-refractivity contribution in [3.8, 4) is 11.1 Å². The van der Waals surface area contributed by atoms with E-state index in [9.17, 15) is 14.7 Å². The Kier molecular flexibility index (Phi) is 4.61. The summed E-state index contributed by atoms with van der Waals surface area (Å²) in [6.45, 7) is 5.74. The zero-order valence-electron chi connectivity index (χ0n) is 12.9. The van der Waals surface area contributed by atoms with Gasteiger partial charge < -0.3 is 15.2 Å². The summed E-state index contributed by atoms with van der Waals surface area (Å²) in [4.78, 5) is 22.4. The Hall–Kier alpha value is -2.62. The van der Waals surface area contributed by atoms with Crippen LogP contribution in [0.3, 0.4) is 0 Å². The Balaban J connectivity index is 2.47. The number of anilines is 1. The number of nitrogens with one attached hydrogen (secondary N) is 1. The van der Waals surface area contributed by atoms with Crippen molar-refractivity contribution in [3.63, 3.8) is 0 Å². The molecule has 4 heteroatoms. The Bertz CT molecular complexity index is 735. The van der Waals surface area contributed by atoms with Crippen molar-refractivity contribution >= 4 is 17.6 Å². The third-order valence-corrected chi connectivity index (χ3v) is 3.64. The van der Waals surface area contributed by atoms with Crippen LogP contribution in [0.15, 0.2) is 36.4 Å². The summed E-state index contributed by atoms with van der Waals surface area (Å²) in [5, 5.41) is 12.9. The Morgan fingerprint density at radius 3 is 2.32 bits per heavy atom. The number of carbonyl (C=O) groups excluding carboxylic acids is 2. The zero-order valence-corrected chi connectivity index (χ0v) is 12.9. The standard InChI is InChI=1S/C18H19NO3/c1-4-17(20)13-6-8-15(12(3)9-13)16-10-14(19-18(21)22)7-5-11(16)2/h5-10,19H,4H2,1-3H3,(H,21,22)/p-1. The number of carbonyl (C=O) groups is 2. The molecule has 0 aliphatic heterocycles. The van der Waals surface area contributed by atoms with Gasteiger partial charge in [-0.1, -0.05) is 25.1 Å². The molecule has 0 aromatic heterocycles. The van der Waals surface area contributed by atoms with E-state index in [1.165, 1.54) is 0 Å². The SMILES string of the molecule is CCC(=O)c1ccc(-c2cc(NC(=O)[O-])ccc2C)c(C)c1. The molecule has 0 saturated heterocycles. The summed E-state index contributed by atoms with van der Waals surface area (Å²) in [5.74, 6) is 0.110. The maximum Gasteiger partial charge on any atom is 0.162 e. The molecule has 0 aliphatic rings. The van der Waals surface area contributed by atoms with Crippen molar-refractivity contribution in [3.05, 3.63) is 53.1 Å². The highest BCUT2D eigenvalue weighted by atomic mass is 16.4. The fourth-order valence-electron chi connectivity index (χ4n) is 2.45. The molecule has 22 heavy (non-hydrogen) atoms. The van der Waals surface area contributed by atoms with Gasteiger partial charge in [-0.05, 0) is 54.3 Å². The number of carboxylic acid groups (broad SMARTS) is 1. The Morgan fingerprint density at radius 1 is 1.00 bits per heavy atom. The molecular formula is C18H18NO3-. The van der Waals surface area contributed by atoms with Gasteiger partial charge >= 0.3 is 0 Å². The van der Waals surface area contributed by atoms with Gasteiger partial charge in [-0.3, -0.25) is 4.79 Å². The average Bonchev–Trinajstić information content (AvgIpc) is 2.48. The van der Waals surface area contributed by atoms with Gasteiger partial charge in [0.05, 0.1) is 0 Å². The molecular weight excluding hydrogens is 278 g/mol. The van der Waals surface area contributed by atoms with Crippen molar-refractivity contribution in [1.29, 1.82) is 0 Å². The lowest BCUT2D eigenvalue weighted by Gasteiger charge is -2.14. The van der Waals surface area contributed by atoms with Gasteiger partial charge in [0.1, 0.15) is 6.09 Å². The van der Waals surface area contributed by atoms with Crippen molar-refractivity contribution in [1.82, 2.24) is 0 Å². The van der Waals surface area contributed by atoms with Crippen LogP contribution in [0.4, 0.5) is 10.5 Å². The number of amides is 1. The van der Waals surface area contributed by atoms with Crippen LogP contribution in [0.5, 0.6) is 0 Å². The molecule has 0 aliphatic carbocycles. The van der Waals surface area contributed by atoms with E-state index >= 15 is 0 Å². The Labute approximate surface area is 129 Å². The van der Waals surface area contributed by atoms with Crippen LogP contribution in [0.25, 0.3) is 11.1 Å². The summed E-state index contributed by atoms with van der Waals surface area (Å²) in [7, 11) is 0. The van der Waals surface area contributed by atoms with Gasteiger partial charge in [0.25, 0.3) is 0 Å².